The molecule has 3 aliphatic rings. The standard InChI is InChI=1S/C36H27F3N6O3S/c37-20-7-3-17(4-8-20)5-9-25-28(34-43-44-36(47)48-34)29(30-31(41-25)26-2-1-13-45(26)35(30)46)27-15-19-11-12-40-33(32(19)49-27)42-24-10-6-18-14-22(38)23(39)16-21(18)24/h3-4,7-8,11-12,14-16,24,26H,1-2,5-6,9-10,13H2,(H,40,42)(H,44,47)/t24-,26?/m0/s1. The molecule has 1 unspecified atom stereocenters. The molecule has 246 valence electrons. The Labute approximate surface area is 280 Å². The number of hydrogen-bond acceptors (Lipinski definition) is 8. The molecule has 49 heavy (non-hydrogen) atoms. The van der Waals surface area contributed by atoms with Gasteiger partial charge < -0.3 is 14.6 Å². The predicted molar refractivity (Wildman–Crippen MR) is 177 cm³/mol. The van der Waals surface area contributed by atoms with Crippen LogP contribution in [0.4, 0.5) is 19.0 Å². The summed E-state index contributed by atoms with van der Waals surface area (Å²) in [6.07, 6.45) is 5.54. The van der Waals surface area contributed by atoms with E-state index in [1.54, 1.807) is 18.3 Å². The van der Waals surface area contributed by atoms with E-state index in [1.807, 2.05) is 17.0 Å². The smallest absolute Gasteiger partial charge is 0.388 e. The highest BCUT2D eigenvalue weighted by Gasteiger charge is 2.45. The second-order valence-corrected chi connectivity index (χ2v) is 13.7. The fraction of sp³-hybridized carbons (Fsp3) is 0.250. The van der Waals surface area contributed by atoms with Crippen LogP contribution < -0.4 is 11.1 Å². The molecule has 9 rings (SSSR count). The second kappa shape index (κ2) is 11.4. The number of nitrogens with one attached hydrogen (secondary N) is 2. The maximum atomic E-state index is 14.2. The Kier molecular flexibility index (Phi) is 6.94. The molecule has 4 aromatic heterocycles. The summed E-state index contributed by atoms with van der Waals surface area (Å²) in [7, 11) is 0. The molecule has 2 N–H and O–H groups in total. The zero-order valence-electron chi connectivity index (χ0n) is 25.9. The van der Waals surface area contributed by atoms with Crippen LogP contribution in [0.15, 0.2) is 63.9 Å². The van der Waals surface area contributed by atoms with Crippen LogP contribution in [0.2, 0.25) is 0 Å². The van der Waals surface area contributed by atoms with Gasteiger partial charge >= 0.3 is 5.76 Å². The Morgan fingerprint density at radius 3 is 2.63 bits per heavy atom. The summed E-state index contributed by atoms with van der Waals surface area (Å²) in [4.78, 5) is 38.7. The molecular formula is C36H27F3N6O3S. The van der Waals surface area contributed by atoms with Gasteiger partial charge in [0, 0.05) is 23.2 Å². The molecule has 2 atom stereocenters. The summed E-state index contributed by atoms with van der Waals surface area (Å²) >= 11 is 1.43. The molecule has 0 radical (unpaired) electrons. The van der Waals surface area contributed by atoms with Crippen LogP contribution >= 0.6 is 11.3 Å². The average molecular weight is 681 g/mol. The average Bonchev–Trinajstić information content (AvgIpc) is 3.93. The first-order valence-corrected chi connectivity index (χ1v) is 17.0. The van der Waals surface area contributed by atoms with Gasteiger partial charge in [0.2, 0.25) is 0 Å². The van der Waals surface area contributed by atoms with Crippen molar-refractivity contribution in [2.45, 2.75) is 50.6 Å². The minimum Gasteiger partial charge on any atom is -0.388 e. The van der Waals surface area contributed by atoms with Crippen LogP contribution in [-0.4, -0.2) is 37.5 Å². The third-order valence-electron chi connectivity index (χ3n) is 9.81. The number of aromatic nitrogens is 4. The molecule has 9 nitrogen and oxygen atoms in total. The van der Waals surface area contributed by atoms with E-state index in [0.717, 1.165) is 38.9 Å². The van der Waals surface area contributed by atoms with Gasteiger partial charge in [0.05, 0.1) is 39.3 Å². The number of fused-ring (bicyclic) bond motifs is 5. The number of hydrogen-bond donors (Lipinski definition) is 2. The molecule has 0 bridgehead atoms. The number of halogens is 3. The van der Waals surface area contributed by atoms with Crippen molar-refractivity contribution in [3.05, 3.63) is 116 Å². The lowest BCUT2D eigenvalue weighted by atomic mass is 9.93. The molecule has 0 saturated carbocycles. The van der Waals surface area contributed by atoms with E-state index in [-0.39, 0.29) is 29.7 Å². The molecule has 6 heterocycles. The van der Waals surface area contributed by atoms with Crippen molar-refractivity contribution in [3.8, 4) is 21.9 Å². The topological polar surface area (TPSA) is 117 Å². The number of carbonyl (C=O) groups is 1. The molecule has 1 amide bonds. The van der Waals surface area contributed by atoms with Gasteiger partial charge in [-0.15, -0.1) is 16.4 Å². The van der Waals surface area contributed by atoms with Gasteiger partial charge in [0.25, 0.3) is 11.8 Å². The fourth-order valence-electron chi connectivity index (χ4n) is 7.56. The van der Waals surface area contributed by atoms with Crippen molar-refractivity contribution < 1.29 is 22.4 Å². The van der Waals surface area contributed by atoms with Gasteiger partial charge in [-0.25, -0.2) is 28.0 Å². The number of carbonyl (C=O) groups excluding carboxylic acids is 1. The van der Waals surface area contributed by atoms with E-state index >= 15 is 0 Å². The van der Waals surface area contributed by atoms with E-state index in [4.69, 9.17) is 9.40 Å². The molecule has 0 spiro atoms. The number of aromatic amines is 1. The van der Waals surface area contributed by atoms with Gasteiger partial charge in [0.1, 0.15) is 11.6 Å². The van der Waals surface area contributed by atoms with Crippen molar-refractivity contribution >= 4 is 33.1 Å². The van der Waals surface area contributed by atoms with E-state index in [2.05, 4.69) is 20.5 Å². The van der Waals surface area contributed by atoms with Crippen LogP contribution in [0.5, 0.6) is 0 Å². The number of nitrogens with zero attached hydrogens (tertiary/aromatic N) is 4. The van der Waals surface area contributed by atoms with E-state index < -0.39 is 17.4 Å². The number of benzene rings is 2. The quantitative estimate of drug-likeness (QED) is 0.182. The van der Waals surface area contributed by atoms with Gasteiger partial charge in [-0.05, 0) is 97.0 Å². The number of amides is 1. The summed E-state index contributed by atoms with van der Waals surface area (Å²) in [6, 6.07) is 12.2. The molecule has 13 heteroatoms. The summed E-state index contributed by atoms with van der Waals surface area (Å²) in [5.74, 6) is -2.34. The Morgan fingerprint density at radius 2 is 1.82 bits per heavy atom. The Hall–Kier alpha value is -5.30. The van der Waals surface area contributed by atoms with Gasteiger partial charge in [-0.2, -0.15) is 0 Å². The summed E-state index contributed by atoms with van der Waals surface area (Å²) in [5.41, 5.74) is 5.17. The normalized spacial score (nSPS) is 17.9. The zero-order valence-corrected chi connectivity index (χ0v) is 26.7. The third-order valence-corrected chi connectivity index (χ3v) is 11.0. The lowest BCUT2D eigenvalue weighted by Gasteiger charge is -2.16. The van der Waals surface area contributed by atoms with Crippen LogP contribution in [0.1, 0.15) is 69.8 Å². The molecule has 2 aromatic carbocycles. The van der Waals surface area contributed by atoms with Crippen molar-refractivity contribution in [3.63, 3.8) is 0 Å². The highest BCUT2D eigenvalue weighted by molar-refractivity contribution is 7.23. The summed E-state index contributed by atoms with van der Waals surface area (Å²) in [6.45, 7) is 0.620. The maximum Gasteiger partial charge on any atom is 0.434 e. The van der Waals surface area contributed by atoms with Gasteiger partial charge in [0.15, 0.2) is 11.6 Å². The molecule has 1 fully saturated rings. The van der Waals surface area contributed by atoms with Gasteiger partial charge in [-0.3, -0.25) is 9.78 Å². The van der Waals surface area contributed by atoms with E-state index in [1.165, 1.54) is 35.6 Å². The van der Waals surface area contributed by atoms with Gasteiger partial charge in [-0.1, -0.05) is 12.1 Å². The number of H-pyrrole nitrogens is 1. The fourth-order valence-corrected chi connectivity index (χ4v) is 8.73. The van der Waals surface area contributed by atoms with Crippen LogP contribution in [0.25, 0.3) is 32.0 Å². The highest BCUT2D eigenvalue weighted by Crippen LogP contribution is 2.50. The van der Waals surface area contributed by atoms with Crippen LogP contribution in [-0.2, 0) is 19.3 Å². The number of pyridine rings is 2. The maximum absolute atomic E-state index is 14.2. The van der Waals surface area contributed by atoms with E-state index in [0.29, 0.717) is 71.7 Å². The highest BCUT2D eigenvalue weighted by atomic mass is 32.1. The van der Waals surface area contributed by atoms with Crippen molar-refractivity contribution in [2.75, 3.05) is 11.9 Å². The Bertz CT molecular complexity index is 2370. The molecular weight excluding hydrogens is 653 g/mol. The Morgan fingerprint density at radius 1 is 0.980 bits per heavy atom. The molecule has 6 aromatic rings. The number of anilines is 1. The molecule has 1 aliphatic carbocycles. The van der Waals surface area contributed by atoms with Crippen LogP contribution in [0.3, 0.4) is 0 Å². The monoisotopic (exact) mass is 680 g/mol. The molecule has 2 aliphatic heterocycles. The lowest BCUT2D eigenvalue weighted by molar-refractivity contribution is 0.0776. The number of aryl methyl sites for hydroxylation is 3. The minimum atomic E-state index is -0.887. The number of rotatable bonds is 7. The first-order valence-electron chi connectivity index (χ1n) is 16.1. The first kappa shape index (κ1) is 29.8. The first-order chi connectivity index (χ1) is 23.8. The summed E-state index contributed by atoms with van der Waals surface area (Å²) < 4.78 is 48.2. The lowest BCUT2D eigenvalue weighted by Crippen LogP contribution is -2.22. The van der Waals surface area contributed by atoms with Crippen LogP contribution in [0, 0.1) is 17.5 Å². The largest absolute Gasteiger partial charge is 0.434 e. The minimum absolute atomic E-state index is 0.0232. The van der Waals surface area contributed by atoms with E-state index in [9.17, 15) is 22.8 Å². The zero-order chi connectivity index (χ0) is 33.4. The SMILES string of the molecule is O=C1c2c(nc(CCc3ccc(F)cc3)c(-c3n[nH]c(=O)o3)c2-c2cc3ccnc(N[C@H]4CCc5cc(F)c(F)cc54)c3s2)C2CCCN12. The third kappa shape index (κ3) is 4.94. The predicted octanol–water partition coefficient (Wildman–Crippen LogP) is 7.29. The van der Waals surface area contributed by atoms with Crippen molar-refractivity contribution in [1.82, 2.24) is 25.1 Å². The van der Waals surface area contributed by atoms with Crippen molar-refractivity contribution in [1.29, 1.82) is 0 Å². The second-order valence-electron chi connectivity index (χ2n) is 12.7. The Balaban J connectivity index is 1.21. The van der Waals surface area contributed by atoms with Crippen molar-refractivity contribution in [2.24, 2.45) is 0 Å². The summed E-state index contributed by atoms with van der Waals surface area (Å²) in [5, 5.41) is 10.9. The molecule has 1 saturated heterocycles. The number of thiophene rings is 1.